The highest BCUT2D eigenvalue weighted by atomic mass is 16.2. The van der Waals surface area contributed by atoms with Gasteiger partial charge in [0.1, 0.15) is 6.04 Å². The third-order valence-electron chi connectivity index (χ3n) is 4.25. The number of carbonyl (C=O) groups is 2. The van der Waals surface area contributed by atoms with Gasteiger partial charge in [0.2, 0.25) is 11.8 Å². The van der Waals surface area contributed by atoms with E-state index in [4.69, 9.17) is 0 Å². The van der Waals surface area contributed by atoms with Crippen molar-refractivity contribution < 1.29 is 9.59 Å². The maximum Gasteiger partial charge on any atom is 0.243 e. The van der Waals surface area contributed by atoms with E-state index >= 15 is 0 Å². The average Bonchev–Trinajstić information content (AvgIpc) is 2.74. The quantitative estimate of drug-likeness (QED) is 0.655. The molecule has 2 saturated heterocycles. The van der Waals surface area contributed by atoms with Crippen molar-refractivity contribution in [1.29, 1.82) is 0 Å². The van der Waals surface area contributed by atoms with Crippen LogP contribution in [0, 0.1) is 5.92 Å². The first-order valence-electron chi connectivity index (χ1n) is 6.38. The molecule has 88 valence electrons. The molecule has 3 rings (SSSR count). The number of rotatable bonds is 0. The van der Waals surface area contributed by atoms with Crippen LogP contribution in [0.1, 0.15) is 38.5 Å². The van der Waals surface area contributed by atoms with Crippen LogP contribution in [0.25, 0.3) is 0 Å². The molecular formula is C12H18N2O2. The van der Waals surface area contributed by atoms with Crippen LogP contribution < -0.4 is 5.32 Å². The number of carbonyl (C=O) groups excluding carboxylic acids is 2. The van der Waals surface area contributed by atoms with Gasteiger partial charge in [0, 0.05) is 12.6 Å². The van der Waals surface area contributed by atoms with E-state index in [9.17, 15) is 9.59 Å². The summed E-state index contributed by atoms with van der Waals surface area (Å²) in [5.41, 5.74) is 0. The van der Waals surface area contributed by atoms with Crippen LogP contribution in [-0.2, 0) is 9.59 Å². The standard InChI is InChI=1S/C12H18N2O2/c15-11-10-6-3-7-14(10)12(16)8-4-1-2-5-9(8)13-11/h8-10H,1-7H2,(H,13,15)/t8-,9+,10-/m0/s1. The van der Waals surface area contributed by atoms with Crippen molar-refractivity contribution in [1.82, 2.24) is 10.2 Å². The smallest absolute Gasteiger partial charge is 0.243 e. The predicted octanol–water partition coefficient (Wildman–Crippen LogP) is 0.666. The molecule has 0 spiro atoms. The van der Waals surface area contributed by atoms with E-state index in [2.05, 4.69) is 5.32 Å². The van der Waals surface area contributed by atoms with Crippen molar-refractivity contribution in [2.75, 3.05) is 6.54 Å². The Labute approximate surface area is 95.4 Å². The van der Waals surface area contributed by atoms with Crippen molar-refractivity contribution in [3.8, 4) is 0 Å². The molecule has 0 aromatic carbocycles. The van der Waals surface area contributed by atoms with Crippen LogP contribution in [-0.4, -0.2) is 35.3 Å². The van der Waals surface area contributed by atoms with Crippen LogP contribution in [0.15, 0.2) is 0 Å². The van der Waals surface area contributed by atoms with E-state index in [0.717, 1.165) is 45.1 Å². The molecular weight excluding hydrogens is 204 g/mol. The van der Waals surface area contributed by atoms with Gasteiger partial charge in [-0.25, -0.2) is 0 Å². The second-order valence-electron chi connectivity index (χ2n) is 5.20. The Hall–Kier alpha value is -1.06. The fourth-order valence-corrected chi connectivity index (χ4v) is 3.39. The lowest BCUT2D eigenvalue weighted by atomic mass is 9.84. The van der Waals surface area contributed by atoms with Gasteiger partial charge in [-0.15, -0.1) is 0 Å². The third kappa shape index (κ3) is 1.43. The predicted molar refractivity (Wildman–Crippen MR) is 58.6 cm³/mol. The Bertz CT molecular complexity index is 329. The Morgan fingerprint density at radius 2 is 1.88 bits per heavy atom. The topological polar surface area (TPSA) is 49.4 Å². The van der Waals surface area contributed by atoms with Gasteiger partial charge in [0.25, 0.3) is 0 Å². The minimum absolute atomic E-state index is 0.0563. The van der Waals surface area contributed by atoms with Gasteiger partial charge >= 0.3 is 0 Å². The van der Waals surface area contributed by atoms with Crippen LogP contribution in [0.5, 0.6) is 0 Å². The molecule has 4 nitrogen and oxygen atoms in total. The average molecular weight is 222 g/mol. The summed E-state index contributed by atoms with van der Waals surface area (Å²) >= 11 is 0. The van der Waals surface area contributed by atoms with Crippen molar-refractivity contribution in [3.05, 3.63) is 0 Å². The SMILES string of the molecule is O=C1N[C@@H]2CCCC[C@@H]2C(=O)N2CCC[C@@H]12. The molecule has 1 N–H and O–H groups in total. The minimum atomic E-state index is -0.168. The highest BCUT2D eigenvalue weighted by Gasteiger charge is 2.44. The van der Waals surface area contributed by atoms with E-state index in [-0.39, 0.29) is 29.8 Å². The molecule has 0 bridgehead atoms. The molecule has 2 heterocycles. The molecule has 0 aromatic heterocycles. The van der Waals surface area contributed by atoms with E-state index in [0.29, 0.717) is 0 Å². The summed E-state index contributed by atoms with van der Waals surface area (Å²) in [5, 5.41) is 3.08. The van der Waals surface area contributed by atoms with Gasteiger partial charge in [-0.3, -0.25) is 9.59 Å². The molecule has 0 unspecified atom stereocenters. The fourth-order valence-electron chi connectivity index (χ4n) is 3.39. The first-order chi connectivity index (χ1) is 7.77. The second kappa shape index (κ2) is 3.75. The van der Waals surface area contributed by atoms with Crippen molar-refractivity contribution in [3.63, 3.8) is 0 Å². The Balaban J connectivity index is 1.90. The summed E-state index contributed by atoms with van der Waals surface area (Å²) in [6, 6.07) is -0.0579. The molecule has 3 atom stereocenters. The van der Waals surface area contributed by atoms with E-state index in [1.807, 2.05) is 4.90 Å². The number of amides is 2. The maximum absolute atomic E-state index is 12.3. The lowest BCUT2D eigenvalue weighted by Crippen LogP contribution is -2.43. The molecule has 3 fully saturated rings. The van der Waals surface area contributed by atoms with Crippen molar-refractivity contribution in [2.45, 2.75) is 50.6 Å². The highest BCUT2D eigenvalue weighted by Crippen LogP contribution is 2.32. The van der Waals surface area contributed by atoms with Crippen LogP contribution in [0.2, 0.25) is 0 Å². The van der Waals surface area contributed by atoms with Crippen LogP contribution in [0.3, 0.4) is 0 Å². The van der Waals surface area contributed by atoms with Crippen molar-refractivity contribution >= 4 is 11.8 Å². The number of hydrogen-bond acceptors (Lipinski definition) is 2. The van der Waals surface area contributed by atoms with Gasteiger partial charge in [-0.05, 0) is 25.7 Å². The number of hydrogen-bond donors (Lipinski definition) is 1. The second-order valence-corrected chi connectivity index (χ2v) is 5.20. The monoisotopic (exact) mass is 222 g/mol. The summed E-state index contributed by atoms with van der Waals surface area (Å²) in [7, 11) is 0. The van der Waals surface area contributed by atoms with Gasteiger partial charge in [0.05, 0.1) is 5.92 Å². The number of nitrogens with zero attached hydrogens (tertiary/aromatic N) is 1. The lowest BCUT2D eigenvalue weighted by Gasteiger charge is -2.30. The van der Waals surface area contributed by atoms with Crippen LogP contribution in [0.4, 0.5) is 0 Å². The highest BCUT2D eigenvalue weighted by molar-refractivity contribution is 5.92. The van der Waals surface area contributed by atoms with Gasteiger partial charge in [-0.1, -0.05) is 12.8 Å². The summed E-state index contributed by atoms with van der Waals surface area (Å²) in [5.74, 6) is 0.367. The minimum Gasteiger partial charge on any atom is -0.351 e. The zero-order valence-electron chi connectivity index (χ0n) is 9.45. The summed E-state index contributed by atoms with van der Waals surface area (Å²) in [6.45, 7) is 0.778. The summed E-state index contributed by atoms with van der Waals surface area (Å²) < 4.78 is 0. The Morgan fingerprint density at radius 1 is 1.06 bits per heavy atom. The van der Waals surface area contributed by atoms with E-state index < -0.39 is 0 Å². The molecule has 0 aromatic rings. The van der Waals surface area contributed by atoms with Gasteiger partial charge in [0.15, 0.2) is 0 Å². The molecule has 4 heteroatoms. The van der Waals surface area contributed by atoms with Crippen molar-refractivity contribution in [2.24, 2.45) is 5.92 Å². The number of fused-ring (bicyclic) bond motifs is 2. The van der Waals surface area contributed by atoms with Gasteiger partial charge in [-0.2, -0.15) is 0 Å². The third-order valence-corrected chi connectivity index (χ3v) is 4.25. The largest absolute Gasteiger partial charge is 0.351 e. The molecule has 2 amide bonds. The molecule has 1 saturated carbocycles. The maximum atomic E-state index is 12.3. The Kier molecular flexibility index (Phi) is 2.37. The lowest BCUT2D eigenvalue weighted by molar-refractivity contribution is -0.139. The molecule has 0 radical (unpaired) electrons. The fraction of sp³-hybridized carbons (Fsp3) is 0.833. The Morgan fingerprint density at radius 3 is 2.75 bits per heavy atom. The normalized spacial score (nSPS) is 38.8. The molecule has 16 heavy (non-hydrogen) atoms. The summed E-state index contributed by atoms with van der Waals surface area (Å²) in [6.07, 6.45) is 6.01. The first-order valence-corrected chi connectivity index (χ1v) is 6.38. The zero-order chi connectivity index (χ0) is 11.1. The molecule has 3 aliphatic rings. The molecule has 1 aliphatic carbocycles. The zero-order valence-corrected chi connectivity index (χ0v) is 9.45. The van der Waals surface area contributed by atoms with E-state index in [1.54, 1.807) is 0 Å². The summed E-state index contributed by atoms with van der Waals surface area (Å²) in [4.78, 5) is 26.2. The van der Waals surface area contributed by atoms with Gasteiger partial charge < -0.3 is 10.2 Å². The first kappa shape index (κ1) is 10.1. The molecule has 2 aliphatic heterocycles. The number of nitrogens with one attached hydrogen (secondary N) is 1. The van der Waals surface area contributed by atoms with E-state index in [1.165, 1.54) is 0 Å². The van der Waals surface area contributed by atoms with Crippen LogP contribution >= 0.6 is 0 Å².